The highest BCUT2D eigenvalue weighted by Crippen LogP contribution is 2.30. The molecule has 1 aromatic carbocycles. The first kappa shape index (κ1) is 16.7. The summed E-state index contributed by atoms with van der Waals surface area (Å²) in [7, 11) is -2.51. The topological polar surface area (TPSA) is 68.7 Å². The Bertz CT molecular complexity index is 814. The van der Waals surface area contributed by atoms with Crippen LogP contribution < -0.4 is 9.47 Å². The third-order valence-electron chi connectivity index (χ3n) is 3.78. The van der Waals surface area contributed by atoms with Crippen molar-refractivity contribution >= 4 is 10.0 Å². The first-order valence-corrected chi connectivity index (χ1v) is 8.86. The molecule has 1 saturated heterocycles. The van der Waals surface area contributed by atoms with Crippen LogP contribution in [-0.2, 0) is 10.0 Å². The molecule has 8 heteroatoms. The maximum Gasteiger partial charge on any atom is 0.246 e. The summed E-state index contributed by atoms with van der Waals surface area (Å²) in [6.45, 7) is 0.470. The van der Waals surface area contributed by atoms with Crippen molar-refractivity contribution in [2.75, 3.05) is 20.2 Å². The van der Waals surface area contributed by atoms with Crippen molar-refractivity contribution in [1.29, 1.82) is 0 Å². The van der Waals surface area contributed by atoms with E-state index >= 15 is 0 Å². The molecule has 1 aliphatic rings. The highest BCUT2D eigenvalue weighted by Gasteiger charge is 2.35. The van der Waals surface area contributed by atoms with Crippen LogP contribution in [-0.4, -0.2) is 44.0 Å². The largest absolute Gasteiger partial charge is 0.495 e. The maximum atomic E-state index is 13.5. The summed E-state index contributed by atoms with van der Waals surface area (Å²) >= 11 is 0. The van der Waals surface area contributed by atoms with Crippen molar-refractivity contribution in [1.82, 2.24) is 9.29 Å². The van der Waals surface area contributed by atoms with E-state index in [1.165, 1.54) is 17.5 Å². The quantitative estimate of drug-likeness (QED) is 0.824. The monoisotopic (exact) mass is 352 g/mol. The Labute approximate surface area is 139 Å². The lowest BCUT2D eigenvalue weighted by atomic mass is 10.3. The van der Waals surface area contributed by atoms with Crippen LogP contribution in [0.4, 0.5) is 4.39 Å². The predicted octanol–water partition coefficient (Wildman–Crippen LogP) is 2.07. The molecule has 128 valence electrons. The van der Waals surface area contributed by atoms with Crippen molar-refractivity contribution in [2.24, 2.45) is 0 Å². The molecule has 1 aromatic heterocycles. The van der Waals surface area contributed by atoms with E-state index in [1.54, 1.807) is 24.4 Å². The minimum Gasteiger partial charge on any atom is -0.495 e. The number of methoxy groups -OCH3 is 1. The van der Waals surface area contributed by atoms with Gasteiger partial charge in [-0.3, -0.25) is 0 Å². The lowest BCUT2D eigenvalue weighted by Crippen LogP contribution is -2.31. The molecule has 1 aliphatic heterocycles. The molecule has 1 unspecified atom stereocenters. The zero-order valence-electron chi connectivity index (χ0n) is 13.1. The van der Waals surface area contributed by atoms with E-state index in [0.29, 0.717) is 18.8 Å². The Kier molecular flexibility index (Phi) is 4.68. The summed E-state index contributed by atoms with van der Waals surface area (Å²) in [5.41, 5.74) is 0. The number of sulfonamides is 1. The number of hydrogen-bond acceptors (Lipinski definition) is 5. The zero-order chi connectivity index (χ0) is 17.2. The molecule has 2 aromatic rings. The van der Waals surface area contributed by atoms with Gasteiger partial charge in [0.25, 0.3) is 0 Å². The molecule has 0 bridgehead atoms. The van der Waals surface area contributed by atoms with Crippen molar-refractivity contribution in [2.45, 2.75) is 17.4 Å². The molecule has 0 saturated carbocycles. The summed E-state index contributed by atoms with van der Waals surface area (Å²) in [5, 5.41) is 0. The molecule has 0 aliphatic carbocycles. The van der Waals surface area contributed by atoms with E-state index in [2.05, 4.69) is 4.98 Å². The van der Waals surface area contributed by atoms with Crippen LogP contribution in [0.2, 0.25) is 0 Å². The lowest BCUT2D eigenvalue weighted by Gasteiger charge is -2.18. The number of hydrogen-bond donors (Lipinski definition) is 0. The number of rotatable bonds is 5. The molecule has 3 rings (SSSR count). The Morgan fingerprint density at radius 2 is 2.12 bits per heavy atom. The second kappa shape index (κ2) is 6.74. The van der Waals surface area contributed by atoms with Gasteiger partial charge in [-0.15, -0.1) is 0 Å². The van der Waals surface area contributed by atoms with Crippen molar-refractivity contribution in [3.63, 3.8) is 0 Å². The van der Waals surface area contributed by atoms with Gasteiger partial charge in [0, 0.05) is 18.8 Å². The van der Waals surface area contributed by atoms with Gasteiger partial charge in [-0.05, 0) is 30.7 Å². The second-order valence-corrected chi connectivity index (χ2v) is 7.26. The van der Waals surface area contributed by atoms with Crippen LogP contribution in [0.25, 0.3) is 0 Å². The first-order chi connectivity index (χ1) is 11.5. The van der Waals surface area contributed by atoms with Gasteiger partial charge in [0.2, 0.25) is 15.9 Å². The minimum atomic E-state index is -3.86. The third-order valence-corrected chi connectivity index (χ3v) is 5.66. The molecular formula is C16H17FN2O4S. The molecule has 0 radical (unpaired) electrons. The van der Waals surface area contributed by atoms with E-state index in [-0.39, 0.29) is 23.3 Å². The van der Waals surface area contributed by atoms with Crippen molar-refractivity contribution in [3.05, 3.63) is 48.4 Å². The van der Waals surface area contributed by atoms with Crippen LogP contribution in [0, 0.1) is 5.82 Å². The third kappa shape index (κ3) is 3.34. The number of nitrogens with zero attached hydrogens (tertiary/aromatic N) is 2. The summed E-state index contributed by atoms with van der Waals surface area (Å²) < 4.78 is 51.1. The van der Waals surface area contributed by atoms with Crippen LogP contribution in [0.3, 0.4) is 0 Å². The fraction of sp³-hybridized carbons (Fsp3) is 0.312. The minimum absolute atomic E-state index is 0.116. The molecule has 0 N–H and O–H groups in total. The fourth-order valence-corrected chi connectivity index (χ4v) is 4.24. The Balaban J connectivity index is 1.78. The van der Waals surface area contributed by atoms with E-state index in [4.69, 9.17) is 9.47 Å². The molecular weight excluding hydrogens is 335 g/mol. The van der Waals surface area contributed by atoms with Gasteiger partial charge in [0.1, 0.15) is 22.6 Å². The predicted molar refractivity (Wildman–Crippen MR) is 85.0 cm³/mol. The van der Waals surface area contributed by atoms with Crippen LogP contribution in [0.15, 0.2) is 47.5 Å². The van der Waals surface area contributed by atoms with Crippen LogP contribution in [0.5, 0.6) is 11.6 Å². The molecule has 0 amide bonds. The molecule has 1 fully saturated rings. The van der Waals surface area contributed by atoms with E-state index < -0.39 is 15.8 Å². The number of aromatic nitrogens is 1. The molecule has 6 nitrogen and oxygen atoms in total. The fourth-order valence-electron chi connectivity index (χ4n) is 2.59. The van der Waals surface area contributed by atoms with Crippen molar-refractivity contribution in [3.8, 4) is 11.6 Å². The SMILES string of the molecule is COc1ccc(F)cc1S(=O)(=O)N1CCC(Oc2ccccn2)C1. The molecule has 1 atom stereocenters. The summed E-state index contributed by atoms with van der Waals surface area (Å²) in [5.74, 6) is -0.0644. The average molecular weight is 352 g/mol. The highest BCUT2D eigenvalue weighted by atomic mass is 32.2. The van der Waals surface area contributed by atoms with E-state index in [9.17, 15) is 12.8 Å². The summed E-state index contributed by atoms with van der Waals surface area (Å²) in [6.07, 6.45) is 1.85. The summed E-state index contributed by atoms with van der Waals surface area (Å²) in [6, 6.07) is 8.72. The van der Waals surface area contributed by atoms with Gasteiger partial charge >= 0.3 is 0 Å². The number of benzene rings is 1. The zero-order valence-corrected chi connectivity index (χ0v) is 13.9. The number of ether oxygens (including phenoxy) is 2. The Morgan fingerprint density at radius 1 is 1.29 bits per heavy atom. The van der Waals surface area contributed by atoms with Crippen LogP contribution in [0.1, 0.15) is 6.42 Å². The Morgan fingerprint density at radius 3 is 2.83 bits per heavy atom. The first-order valence-electron chi connectivity index (χ1n) is 7.42. The molecule has 0 spiro atoms. The standard InChI is InChI=1S/C16H17FN2O4S/c1-22-14-6-5-12(17)10-15(14)24(20,21)19-9-7-13(11-19)23-16-4-2-3-8-18-16/h2-6,8,10,13H,7,9,11H2,1H3. The van der Waals surface area contributed by atoms with Gasteiger partial charge in [0.15, 0.2) is 0 Å². The van der Waals surface area contributed by atoms with Gasteiger partial charge in [0.05, 0.1) is 13.7 Å². The van der Waals surface area contributed by atoms with Gasteiger partial charge in [-0.2, -0.15) is 4.31 Å². The van der Waals surface area contributed by atoms with Gasteiger partial charge < -0.3 is 9.47 Å². The average Bonchev–Trinajstić information content (AvgIpc) is 3.05. The lowest BCUT2D eigenvalue weighted by molar-refractivity contribution is 0.207. The molecule has 24 heavy (non-hydrogen) atoms. The number of pyridine rings is 1. The smallest absolute Gasteiger partial charge is 0.246 e. The molecule has 2 heterocycles. The summed E-state index contributed by atoms with van der Waals surface area (Å²) in [4.78, 5) is 3.89. The van der Waals surface area contributed by atoms with Crippen LogP contribution >= 0.6 is 0 Å². The van der Waals surface area contributed by atoms with Gasteiger partial charge in [-0.1, -0.05) is 6.07 Å². The van der Waals surface area contributed by atoms with E-state index in [1.807, 2.05) is 0 Å². The van der Waals surface area contributed by atoms with Crippen molar-refractivity contribution < 1.29 is 22.3 Å². The Hall–Kier alpha value is -2.19. The maximum absolute atomic E-state index is 13.5. The highest BCUT2D eigenvalue weighted by molar-refractivity contribution is 7.89. The normalized spacial score (nSPS) is 18.5. The van der Waals surface area contributed by atoms with Gasteiger partial charge in [-0.25, -0.2) is 17.8 Å². The van der Waals surface area contributed by atoms with E-state index in [0.717, 1.165) is 12.1 Å². The second-order valence-electron chi connectivity index (χ2n) is 5.35. The number of halogens is 1.